The van der Waals surface area contributed by atoms with Crippen molar-refractivity contribution in [3.05, 3.63) is 23.8 Å². The average molecular weight is 248 g/mol. The molecule has 0 heterocycles. The maximum atomic E-state index is 11.4. The number of nitrogens with two attached hydrogens (primary N) is 2. The number of carbonyl (C=O) groups is 1. The fourth-order valence-corrected chi connectivity index (χ4v) is 2.51. The van der Waals surface area contributed by atoms with Gasteiger partial charge in [-0.2, -0.15) is 0 Å². The first-order valence-corrected chi connectivity index (χ1v) is 6.42. The zero-order valence-corrected chi connectivity index (χ0v) is 10.7. The molecule has 2 rings (SSSR count). The van der Waals surface area contributed by atoms with Crippen molar-refractivity contribution < 1.29 is 9.53 Å². The minimum absolute atomic E-state index is 0.176. The monoisotopic (exact) mass is 248 g/mol. The summed E-state index contributed by atoms with van der Waals surface area (Å²) < 4.78 is 5.92. The van der Waals surface area contributed by atoms with Crippen LogP contribution in [0.5, 0.6) is 5.75 Å². The van der Waals surface area contributed by atoms with Crippen molar-refractivity contribution in [3.8, 4) is 5.75 Å². The molecule has 2 atom stereocenters. The number of benzene rings is 1. The Bertz CT molecular complexity index is 445. The lowest BCUT2D eigenvalue weighted by atomic mass is 9.88. The van der Waals surface area contributed by atoms with Gasteiger partial charge in [0.25, 0.3) is 5.91 Å². The average Bonchev–Trinajstić information content (AvgIpc) is 2.31. The number of carbonyl (C=O) groups excluding carboxylic acids is 1. The predicted molar refractivity (Wildman–Crippen MR) is 71.4 cm³/mol. The van der Waals surface area contributed by atoms with E-state index in [-0.39, 0.29) is 6.10 Å². The first kappa shape index (κ1) is 12.7. The third-order valence-corrected chi connectivity index (χ3v) is 3.45. The second kappa shape index (κ2) is 5.29. The lowest BCUT2D eigenvalue weighted by Gasteiger charge is -2.28. The van der Waals surface area contributed by atoms with E-state index in [1.165, 1.54) is 12.8 Å². The molecule has 1 fully saturated rings. The van der Waals surface area contributed by atoms with E-state index >= 15 is 0 Å². The van der Waals surface area contributed by atoms with Gasteiger partial charge < -0.3 is 16.2 Å². The SMILES string of the molecule is CC1CCCC(Oc2ccc(N)cc2C(N)=O)C1. The quantitative estimate of drug-likeness (QED) is 0.806. The van der Waals surface area contributed by atoms with E-state index in [1.54, 1.807) is 18.2 Å². The van der Waals surface area contributed by atoms with Gasteiger partial charge in [-0.15, -0.1) is 0 Å². The summed E-state index contributed by atoms with van der Waals surface area (Å²) in [6.07, 6.45) is 4.67. The number of primary amides is 1. The molecule has 0 aromatic heterocycles. The van der Waals surface area contributed by atoms with E-state index in [0.717, 1.165) is 12.8 Å². The number of amides is 1. The van der Waals surface area contributed by atoms with E-state index in [9.17, 15) is 4.79 Å². The smallest absolute Gasteiger partial charge is 0.252 e. The molecule has 18 heavy (non-hydrogen) atoms. The van der Waals surface area contributed by atoms with E-state index in [0.29, 0.717) is 22.9 Å². The van der Waals surface area contributed by atoms with Gasteiger partial charge in [0.2, 0.25) is 0 Å². The summed E-state index contributed by atoms with van der Waals surface area (Å²) in [6.45, 7) is 2.23. The highest BCUT2D eigenvalue weighted by Crippen LogP contribution is 2.29. The maximum Gasteiger partial charge on any atom is 0.252 e. The summed E-state index contributed by atoms with van der Waals surface area (Å²) in [5.41, 5.74) is 11.9. The number of nitrogen functional groups attached to an aromatic ring is 1. The van der Waals surface area contributed by atoms with Crippen molar-refractivity contribution in [1.82, 2.24) is 0 Å². The van der Waals surface area contributed by atoms with E-state index in [1.807, 2.05) is 0 Å². The molecule has 1 amide bonds. The molecule has 0 bridgehead atoms. The molecule has 0 spiro atoms. The van der Waals surface area contributed by atoms with Crippen molar-refractivity contribution >= 4 is 11.6 Å². The van der Waals surface area contributed by atoms with Crippen molar-refractivity contribution in [1.29, 1.82) is 0 Å². The van der Waals surface area contributed by atoms with Crippen LogP contribution < -0.4 is 16.2 Å². The minimum Gasteiger partial charge on any atom is -0.490 e. The molecule has 1 aromatic rings. The van der Waals surface area contributed by atoms with E-state index in [4.69, 9.17) is 16.2 Å². The van der Waals surface area contributed by atoms with Crippen molar-refractivity contribution in [2.45, 2.75) is 38.7 Å². The molecule has 1 aliphatic carbocycles. The van der Waals surface area contributed by atoms with Gasteiger partial charge in [-0.25, -0.2) is 0 Å². The Morgan fingerprint density at radius 3 is 2.83 bits per heavy atom. The summed E-state index contributed by atoms with van der Waals surface area (Å²) in [5, 5.41) is 0. The molecule has 1 aliphatic rings. The second-order valence-electron chi connectivity index (χ2n) is 5.13. The Labute approximate surface area is 107 Å². The van der Waals surface area contributed by atoms with Crippen LogP contribution in [0.1, 0.15) is 43.0 Å². The molecule has 4 heteroatoms. The van der Waals surface area contributed by atoms with Crippen LogP contribution >= 0.6 is 0 Å². The van der Waals surface area contributed by atoms with Crippen LogP contribution in [0.4, 0.5) is 5.69 Å². The van der Waals surface area contributed by atoms with Gasteiger partial charge in [-0.1, -0.05) is 13.3 Å². The Hall–Kier alpha value is -1.71. The van der Waals surface area contributed by atoms with Crippen molar-refractivity contribution in [2.75, 3.05) is 5.73 Å². The van der Waals surface area contributed by atoms with Crippen LogP contribution in [0.15, 0.2) is 18.2 Å². The number of rotatable bonds is 3. The van der Waals surface area contributed by atoms with Gasteiger partial charge in [-0.3, -0.25) is 4.79 Å². The molecule has 0 aliphatic heterocycles. The second-order valence-corrected chi connectivity index (χ2v) is 5.13. The van der Waals surface area contributed by atoms with E-state index in [2.05, 4.69) is 6.92 Å². The van der Waals surface area contributed by atoms with Gasteiger partial charge in [0.15, 0.2) is 0 Å². The fraction of sp³-hybridized carbons (Fsp3) is 0.500. The minimum atomic E-state index is -0.499. The summed E-state index contributed by atoms with van der Waals surface area (Å²) >= 11 is 0. The normalized spacial score (nSPS) is 23.6. The van der Waals surface area contributed by atoms with Crippen LogP contribution in [-0.2, 0) is 0 Å². The fourth-order valence-electron chi connectivity index (χ4n) is 2.51. The Morgan fingerprint density at radius 2 is 2.17 bits per heavy atom. The summed E-state index contributed by atoms with van der Waals surface area (Å²) in [4.78, 5) is 11.4. The highest BCUT2D eigenvalue weighted by Gasteiger charge is 2.22. The van der Waals surface area contributed by atoms with E-state index < -0.39 is 5.91 Å². The Balaban J connectivity index is 2.15. The zero-order valence-electron chi connectivity index (χ0n) is 10.7. The third kappa shape index (κ3) is 2.94. The standard InChI is InChI=1S/C14H20N2O2/c1-9-3-2-4-11(7-9)18-13-6-5-10(15)8-12(13)14(16)17/h5-6,8-9,11H,2-4,7,15H2,1H3,(H2,16,17). The molecule has 2 unspecified atom stereocenters. The first-order valence-electron chi connectivity index (χ1n) is 6.42. The third-order valence-electron chi connectivity index (χ3n) is 3.45. The van der Waals surface area contributed by atoms with Gasteiger partial charge in [0, 0.05) is 5.69 Å². The molecular weight excluding hydrogens is 228 g/mol. The van der Waals surface area contributed by atoms with Crippen LogP contribution in [0.2, 0.25) is 0 Å². The van der Waals surface area contributed by atoms with Crippen LogP contribution in [0.3, 0.4) is 0 Å². The topological polar surface area (TPSA) is 78.3 Å². The number of ether oxygens (including phenoxy) is 1. The zero-order chi connectivity index (χ0) is 13.1. The first-order chi connectivity index (χ1) is 8.56. The molecule has 4 N–H and O–H groups in total. The highest BCUT2D eigenvalue weighted by molar-refractivity contribution is 5.96. The molecule has 1 aromatic carbocycles. The number of hydrogen-bond acceptors (Lipinski definition) is 3. The maximum absolute atomic E-state index is 11.4. The molecule has 0 saturated heterocycles. The lowest BCUT2D eigenvalue weighted by Crippen LogP contribution is -2.25. The van der Waals surface area contributed by atoms with Crippen molar-refractivity contribution in [2.24, 2.45) is 11.7 Å². The predicted octanol–water partition coefficient (Wildman–Crippen LogP) is 2.33. The molecule has 0 radical (unpaired) electrons. The molecular formula is C14H20N2O2. The van der Waals surface area contributed by atoms with Crippen LogP contribution in [0, 0.1) is 5.92 Å². The van der Waals surface area contributed by atoms with Crippen LogP contribution in [0.25, 0.3) is 0 Å². The Morgan fingerprint density at radius 1 is 1.39 bits per heavy atom. The Kier molecular flexibility index (Phi) is 3.75. The van der Waals surface area contributed by atoms with Gasteiger partial charge in [-0.05, 0) is 43.4 Å². The summed E-state index contributed by atoms with van der Waals surface area (Å²) in [6, 6.07) is 5.03. The molecule has 4 nitrogen and oxygen atoms in total. The number of anilines is 1. The lowest BCUT2D eigenvalue weighted by molar-refractivity contribution is 0.0981. The molecule has 98 valence electrons. The van der Waals surface area contributed by atoms with Crippen LogP contribution in [-0.4, -0.2) is 12.0 Å². The molecule has 1 saturated carbocycles. The summed E-state index contributed by atoms with van der Waals surface area (Å²) in [5.74, 6) is 0.728. The highest BCUT2D eigenvalue weighted by atomic mass is 16.5. The summed E-state index contributed by atoms with van der Waals surface area (Å²) in [7, 11) is 0. The largest absolute Gasteiger partial charge is 0.490 e. The number of hydrogen-bond donors (Lipinski definition) is 2. The van der Waals surface area contributed by atoms with Crippen molar-refractivity contribution in [3.63, 3.8) is 0 Å². The van der Waals surface area contributed by atoms with Gasteiger partial charge >= 0.3 is 0 Å². The van der Waals surface area contributed by atoms with Gasteiger partial charge in [0.1, 0.15) is 5.75 Å². The van der Waals surface area contributed by atoms with Gasteiger partial charge in [0.05, 0.1) is 11.7 Å².